The van der Waals surface area contributed by atoms with Crippen molar-refractivity contribution in [2.75, 3.05) is 23.3 Å². The highest BCUT2D eigenvalue weighted by atomic mass is 16.5. The number of nitrogens with one attached hydrogen (secondary N) is 2. The predicted molar refractivity (Wildman–Crippen MR) is 116 cm³/mol. The third-order valence-corrected chi connectivity index (χ3v) is 5.34. The van der Waals surface area contributed by atoms with Gasteiger partial charge < -0.3 is 10.2 Å². The number of aryl methyl sites for hydroxylation is 1. The SMILES string of the molecule is O=C(NO)c1ccc2c(c1)CCN(c1nccc(NCc3ccccc3)n1)CCC2. The Bertz CT molecular complexity index is 1010. The molecule has 7 nitrogen and oxygen atoms in total. The van der Waals surface area contributed by atoms with Crippen LogP contribution in [0.15, 0.2) is 60.8 Å². The molecule has 2 heterocycles. The van der Waals surface area contributed by atoms with Gasteiger partial charge in [-0.05, 0) is 54.2 Å². The standard InChI is InChI=1S/C23H25N5O2/c29-22(27-30)20-9-8-18-7-4-13-28(14-11-19(18)15-20)23-24-12-10-21(26-23)25-16-17-5-2-1-3-6-17/h1-3,5-6,8-10,12,15,30H,4,7,11,13-14,16H2,(H,27,29)(H,24,25,26). The summed E-state index contributed by atoms with van der Waals surface area (Å²) in [6.07, 6.45) is 4.47. The van der Waals surface area contributed by atoms with Crippen LogP contribution in [0.1, 0.15) is 33.5 Å². The predicted octanol–water partition coefficient (Wildman–Crippen LogP) is 3.20. The van der Waals surface area contributed by atoms with Crippen LogP contribution in [0.5, 0.6) is 0 Å². The van der Waals surface area contributed by atoms with Gasteiger partial charge in [-0.1, -0.05) is 36.4 Å². The van der Waals surface area contributed by atoms with E-state index in [1.54, 1.807) is 17.7 Å². The molecule has 0 fully saturated rings. The minimum Gasteiger partial charge on any atom is -0.366 e. The first kappa shape index (κ1) is 19.8. The molecule has 0 saturated heterocycles. The number of anilines is 2. The van der Waals surface area contributed by atoms with E-state index in [0.717, 1.165) is 43.7 Å². The second kappa shape index (κ2) is 9.37. The van der Waals surface area contributed by atoms with Gasteiger partial charge in [0.1, 0.15) is 5.82 Å². The highest BCUT2D eigenvalue weighted by Crippen LogP contribution is 2.21. The number of hydrogen-bond acceptors (Lipinski definition) is 6. The molecule has 1 aliphatic heterocycles. The minimum atomic E-state index is -0.489. The number of benzene rings is 2. The summed E-state index contributed by atoms with van der Waals surface area (Å²) in [6.45, 7) is 2.35. The highest BCUT2D eigenvalue weighted by molar-refractivity contribution is 5.93. The second-order valence-corrected chi connectivity index (χ2v) is 7.35. The van der Waals surface area contributed by atoms with Gasteiger partial charge in [0.15, 0.2) is 0 Å². The van der Waals surface area contributed by atoms with Crippen molar-refractivity contribution in [3.05, 3.63) is 83.0 Å². The molecule has 7 heteroatoms. The van der Waals surface area contributed by atoms with Gasteiger partial charge in [-0.2, -0.15) is 4.98 Å². The van der Waals surface area contributed by atoms with Crippen LogP contribution in [0.25, 0.3) is 0 Å². The van der Waals surface area contributed by atoms with E-state index in [-0.39, 0.29) is 0 Å². The van der Waals surface area contributed by atoms with Crippen LogP contribution >= 0.6 is 0 Å². The topological polar surface area (TPSA) is 90.4 Å². The first-order valence-electron chi connectivity index (χ1n) is 10.1. The van der Waals surface area contributed by atoms with Crippen LogP contribution in [-0.2, 0) is 19.4 Å². The zero-order chi connectivity index (χ0) is 20.8. The van der Waals surface area contributed by atoms with E-state index in [9.17, 15) is 4.79 Å². The van der Waals surface area contributed by atoms with Crippen LogP contribution in [0.4, 0.5) is 11.8 Å². The number of amides is 1. The van der Waals surface area contributed by atoms with Crippen molar-refractivity contribution >= 4 is 17.7 Å². The number of hydroxylamine groups is 1. The summed E-state index contributed by atoms with van der Waals surface area (Å²) in [5.41, 5.74) is 5.74. The summed E-state index contributed by atoms with van der Waals surface area (Å²) in [7, 11) is 0. The molecule has 0 atom stereocenters. The van der Waals surface area contributed by atoms with E-state index in [1.807, 2.05) is 36.4 Å². The lowest BCUT2D eigenvalue weighted by atomic mass is 9.96. The van der Waals surface area contributed by atoms with Gasteiger partial charge in [-0.3, -0.25) is 10.0 Å². The lowest BCUT2D eigenvalue weighted by molar-refractivity contribution is 0.0706. The lowest BCUT2D eigenvalue weighted by Gasteiger charge is -2.26. The fourth-order valence-corrected chi connectivity index (χ4v) is 3.72. The number of fused-ring (bicyclic) bond motifs is 1. The molecular formula is C23H25N5O2. The van der Waals surface area contributed by atoms with Crippen molar-refractivity contribution < 1.29 is 10.0 Å². The molecule has 0 saturated carbocycles. The van der Waals surface area contributed by atoms with Gasteiger partial charge in [0.25, 0.3) is 5.91 Å². The number of carbonyl (C=O) groups excluding carboxylic acids is 1. The number of aromatic nitrogens is 2. The molecule has 0 aliphatic carbocycles. The summed E-state index contributed by atoms with van der Waals surface area (Å²) in [5.74, 6) is 1.02. The van der Waals surface area contributed by atoms with Gasteiger partial charge in [0, 0.05) is 31.4 Å². The van der Waals surface area contributed by atoms with Crippen molar-refractivity contribution in [1.82, 2.24) is 15.4 Å². The molecule has 4 rings (SSSR count). The average Bonchev–Trinajstić information content (AvgIpc) is 2.78. The molecule has 3 N–H and O–H groups in total. The zero-order valence-corrected chi connectivity index (χ0v) is 16.7. The van der Waals surface area contributed by atoms with Gasteiger partial charge in [-0.25, -0.2) is 10.5 Å². The van der Waals surface area contributed by atoms with E-state index in [1.165, 1.54) is 11.1 Å². The van der Waals surface area contributed by atoms with E-state index >= 15 is 0 Å². The van der Waals surface area contributed by atoms with Crippen LogP contribution in [0, 0.1) is 0 Å². The summed E-state index contributed by atoms with van der Waals surface area (Å²) >= 11 is 0. The monoisotopic (exact) mass is 403 g/mol. The Kier molecular flexibility index (Phi) is 6.20. The molecule has 0 spiro atoms. The molecule has 0 radical (unpaired) electrons. The summed E-state index contributed by atoms with van der Waals surface area (Å²) in [5, 5.41) is 12.3. The Labute approximate surface area is 175 Å². The van der Waals surface area contributed by atoms with Crippen molar-refractivity contribution in [3.8, 4) is 0 Å². The Balaban J connectivity index is 1.46. The van der Waals surface area contributed by atoms with E-state index in [4.69, 9.17) is 10.2 Å². The smallest absolute Gasteiger partial charge is 0.274 e. The third-order valence-electron chi connectivity index (χ3n) is 5.34. The maximum atomic E-state index is 11.7. The molecule has 30 heavy (non-hydrogen) atoms. The Morgan fingerprint density at radius 1 is 1.03 bits per heavy atom. The molecule has 2 aromatic carbocycles. The molecule has 0 unspecified atom stereocenters. The summed E-state index contributed by atoms with van der Waals surface area (Å²) in [4.78, 5) is 23.1. The van der Waals surface area contributed by atoms with Crippen molar-refractivity contribution in [2.24, 2.45) is 0 Å². The lowest BCUT2D eigenvalue weighted by Crippen LogP contribution is -2.31. The maximum Gasteiger partial charge on any atom is 0.274 e. The van der Waals surface area contributed by atoms with Crippen LogP contribution in [0.3, 0.4) is 0 Å². The molecule has 1 aliphatic rings. The largest absolute Gasteiger partial charge is 0.366 e. The molecule has 3 aromatic rings. The van der Waals surface area contributed by atoms with Crippen molar-refractivity contribution in [2.45, 2.75) is 25.8 Å². The van der Waals surface area contributed by atoms with E-state index < -0.39 is 5.91 Å². The van der Waals surface area contributed by atoms with Gasteiger partial charge in [-0.15, -0.1) is 0 Å². The summed E-state index contributed by atoms with van der Waals surface area (Å²) in [6, 6.07) is 17.7. The van der Waals surface area contributed by atoms with Crippen molar-refractivity contribution in [1.29, 1.82) is 0 Å². The summed E-state index contributed by atoms with van der Waals surface area (Å²) < 4.78 is 0. The van der Waals surface area contributed by atoms with Gasteiger partial charge in [0.05, 0.1) is 0 Å². The zero-order valence-electron chi connectivity index (χ0n) is 16.7. The van der Waals surface area contributed by atoms with Crippen LogP contribution < -0.4 is 15.7 Å². The third kappa shape index (κ3) is 4.75. The first-order valence-corrected chi connectivity index (χ1v) is 10.1. The minimum absolute atomic E-state index is 0.465. The highest BCUT2D eigenvalue weighted by Gasteiger charge is 2.16. The first-order chi connectivity index (χ1) is 14.7. The molecule has 0 bridgehead atoms. The van der Waals surface area contributed by atoms with Crippen LogP contribution in [-0.4, -0.2) is 34.2 Å². The van der Waals surface area contributed by atoms with E-state index in [2.05, 4.69) is 27.3 Å². The number of rotatable bonds is 5. The Morgan fingerprint density at radius 3 is 2.73 bits per heavy atom. The quantitative estimate of drug-likeness (QED) is 0.448. The van der Waals surface area contributed by atoms with Gasteiger partial charge >= 0.3 is 0 Å². The molecule has 154 valence electrons. The number of carbonyl (C=O) groups is 1. The van der Waals surface area contributed by atoms with Crippen LogP contribution in [0.2, 0.25) is 0 Å². The Hall–Kier alpha value is -3.45. The van der Waals surface area contributed by atoms with Gasteiger partial charge in [0.2, 0.25) is 5.95 Å². The molecular weight excluding hydrogens is 378 g/mol. The average molecular weight is 403 g/mol. The Morgan fingerprint density at radius 2 is 1.90 bits per heavy atom. The molecule has 1 amide bonds. The van der Waals surface area contributed by atoms with E-state index in [0.29, 0.717) is 18.1 Å². The van der Waals surface area contributed by atoms with Crippen molar-refractivity contribution in [3.63, 3.8) is 0 Å². The fourth-order valence-electron chi connectivity index (χ4n) is 3.72. The number of nitrogens with zero attached hydrogens (tertiary/aromatic N) is 3. The fraction of sp³-hybridized carbons (Fsp3) is 0.261. The second-order valence-electron chi connectivity index (χ2n) is 7.35. The normalized spacial score (nSPS) is 13.7. The maximum absolute atomic E-state index is 11.7. The molecule has 1 aromatic heterocycles. The number of hydrogen-bond donors (Lipinski definition) is 3.